The lowest BCUT2D eigenvalue weighted by Gasteiger charge is -2.14. The standard InChI is InChI=1S/C10H9Cl3O3/c1-5(10(14)15-2)16-9-4-7(12)6(11)3-8(9)13/h3-5H,1-2H3. The molecule has 0 bridgehead atoms. The lowest BCUT2D eigenvalue weighted by molar-refractivity contribution is -0.147. The van der Waals surface area contributed by atoms with Crippen LogP contribution in [0.4, 0.5) is 0 Å². The fourth-order valence-corrected chi connectivity index (χ4v) is 1.58. The number of hydrogen-bond acceptors (Lipinski definition) is 3. The Morgan fingerprint density at radius 3 is 2.31 bits per heavy atom. The molecule has 0 aliphatic carbocycles. The Hall–Kier alpha value is -0.640. The van der Waals surface area contributed by atoms with Gasteiger partial charge in [-0.15, -0.1) is 0 Å². The second kappa shape index (κ2) is 5.62. The van der Waals surface area contributed by atoms with Gasteiger partial charge in [0.05, 0.1) is 22.2 Å². The van der Waals surface area contributed by atoms with E-state index in [1.807, 2.05) is 0 Å². The van der Waals surface area contributed by atoms with Crippen LogP contribution in [0.15, 0.2) is 12.1 Å². The molecule has 0 spiro atoms. The third-order valence-corrected chi connectivity index (χ3v) is 2.83. The van der Waals surface area contributed by atoms with Crippen LogP contribution >= 0.6 is 34.8 Å². The highest BCUT2D eigenvalue weighted by atomic mass is 35.5. The highest BCUT2D eigenvalue weighted by Gasteiger charge is 2.17. The second-order valence-corrected chi connectivity index (χ2v) is 4.20. The van der Waals surface area contributed by atoms with Crippen LogP contribution < -0.4 is 4.74 Å². The third-order valence-electron chi connectivity index (χ3n) is 1.81. The van der Waals surface area contributed by atoms with Crippen molar-refractivity contribution in [3.63, 3.8) is 0 Å². The first kappa shape index (κ1) is 13.4. The van der Waals surface area contributed by atoms with Gasteiger partial charge in [0, 0.05) is 6.07 Å². The lowest BCUT2D eigenvalue weighted by atomic mass is 10.3. The minimum atomic E-state index is -0.764. The number of benzene rings is 1. The van der Waals surface area contributed by atoms with Gasteiger partial charge < -0.3 is 9.47 Å². The summed E-state index contributed by atoms with van der Waals surface area (Å²) < 4.78 is 9.80. The molecule has 1 unspecified atom stereocenters. The van der Waals surface area contributed by atoms with Crippen LogP contribution in [0.2, 0.25) is 15.1 Å². The summed E-state index contributed by atoms with van der Waals surface area (Å²) >= 11 is 17.4. The smallest absolute Gasteiger partial charge is 0.346 e. The molecule has 0 aliphatic rings. The van der Waals surface area contributed by atoms with Gasteiger partial charge in [0.15, 0.2) is 6.10 Å². The zero-order valence-electron chi connectivity index (χ0n) is 8.59. The third kappa shape index (κ3) is 3.17. The molecule has 3 nitrogen and oxygen atoms in total. The summed E-state index contributed by atoms with van der Waals surface area (Å²) in [6.45, 7) is 1.55. The second-order valence-electron chi connectivity index (χ2n) is 2.98. The van der Waals surface area contributed by atoms with Crippen molar-refractivity contribution in [1.82, 2.24) is 0 Å². The summed E-state index contributed by atoms with van der Waals surface area (Å²) in [6, 6.07) is 2.90. The molecule has 1 rings (SSSR count). The number of ether oxygens (including phenoxy) is 2. The molecule has 6 heteroatoms. The van der Waals surface area contributed by atoms with Gasteiger partial charge in [-0.25, -0.2) is 4.79 Å². The zero-order chi connectivity index (χ0) is 12.3. The zero-order valence-corrected chi connectivity index (χ0v) is 10.9. The van der Waals surface area contributed by atoms with Crippen molar-refractivity contribution in [3.8, 4) is 5.75 Å². The molecular formula is C10H9Cl3O3. The maximum atomic E-state index is 11.1. The monoisotopic (exact) mass is 282 g/mol. The molecule has 1 atom stereocenters. The van der Waals surface area contributed by atoms with E-state index in [1.165, 1.54) is 19.2 Å². The molecule has 0 N–H and O–H groups in total. The van der Waals surface area contributed by atoms with E-state index < -0.39 is 12.1 Å². The van der Waals surface area contributed by atoms with E-state index in [9.17, 15) is 4.79 Å². The predicted molar refractivity (Wildman–Crippen MR) is 63.6 cm³/mol. The largest absolute Gasteiger partial charge is 0.477 e. The molecule has 0 saturated heterocycles. The molecule has 0 aliphatic heterocycles. The van der Waals surface area contributed by atoms with E-state index in [1.54, 1.807) is 6.92 Å². The summed E-state index contributed by atoms with van der Waals surface area (Å²) in [4.78, 5) is 11.1. The average Bonchev–Trinajstić information content (AvgIpc) is 2.24. The maximum absolute atomic E-state index is 11.1. The number of carbonyl (C=O) groups excluding carboxylic acids is 1. The van der Waals surface area contributed by atoms with E-state index in [0.717, 1.165) is 0 Å². The highest BCUT2D eigenvalue weighted by Crippen LogP contribution is 2.34. The highest BCUT2D eigenvalue weighted by molar-refractivity contribution is 6.43. The number of methoxy groups -OCH3 is 1. The van der Waals surface area contributed by atoms with Crippen LogP contribution in [0.3, 0.4) is 0 Å². The Bertz CT molecular complexity index is 407. The van der Waals surface area contributed by atoms with Gasteiger partial charge in [-0.1, -0.05) is 34.8 Å². The maximum Gasteiger partial charge on any atom is 0.346 e. The quantitative estimate of drug-likeness (QED) is 0.628. The van der Waals surface area contributed by atoms with E-state index in [4.69, 9.17) is 39.5 Å². The topological polar surface area (TPSA) is 35.5 Å². The number of carbonyl (C=O) groups is 1. The van der Waals surface area contributed by atoms with Crippen molar-refractivity contribution in [2.75, 3.05) is 7.11 Å². The molecule has 1 aromatic carbocycles. The van der Waals surface area contributed by atoms with Gasteiger partial charge in [-0.05, 0) is 13.0 Å². The summed E-state index contributed by atoms with van der Waals surface area (Å²) in [5.74, 6) is -0.212. The van der Waals surface area contributed by atoms with E-state index in [-0.39, 0.29) is 10.8 Å². The van der Waals surface area contributed by atoms with E-state index in [0.29, 0.717) is 10.0 Å². The van der Waals surface area contributed by atoms with Gasteiger partial charge >= 0.3 is 5.97 Å². The van der Waals surface area contributed by atoms with Gasteiger partial charge in [-0.3, -0.25) is 0 Å². The Labute approximate surface area is 108 Å². The molecule has 0 saturated carbocycles. The average molecular weight is 284 g/mol. The normalized spacial score (nSPS) is 12.1. The molecule has 0 amide bonds. The first-order valence-corrected chi connectivity index (χ1v) is 5.48. The van der Waals surface area contributed by atoms with Gasteiger partial charge in [0.1, 0.15) is 5.75 Å². The van der Waals surface area contributed by atoms with Gasteiger partial charge in [0.25, 0.3) is 0 Å². The molecule has 0 aromatic heterocycles. The molecule has 0 fully saturated rings. The molecule has 0 radical (unpaired) electrons. The van der Waals surface area contributed by atoms with Crippen LogP contribution in [0, 0.1) is 0 Å². The minimum Gasteiger partial charge on any atom is -0.477 e. The van der Waals surface area contributed by atoms with Gasteiger partial charge in [-0.2, -0.15) is 0 Å². The molecule has 88 valence electrons. The van der Waals surface area contributed by atoms with Crippen molar-refractivity contribution in [1.29, 1.82) is 0 Å². The number of hydrogen-bond donors (Lipinski definition) is 0. The fourth-order valence-electron chi connectivity index (χ4n) is 0.999. The van der Waals surface area contributed by atoms with Crippen molar-refractivity contribution in [2.45, 2.75) is 13.0 Å². The fraction of sp³-hybridized carbons (Fsp3) is 0.300. The summed E-state index contributed by atoms with van der Waals surface area (Å²) in [7, 11) is 1.28. The molecule has 1 aromatic rings. The number of rotatable bonds is 3. The van der Waals surface area contributed by atoms with Crippen LogP contribution in [-0.4, -0.2) is 19.2 Å². The SMILES string of the molecule is COC(=O)C(C)Oc1cc(Cl)c(Cl)cc1Cl. The summed E-state index contributed by atoms with van der Waals surface area (Å²) in [6.07, 6.45) is -0.764. The van der Waals surface area contributed by atoms with Gasteiger partial charge in [0.2, 0.25) is 0 Å². The first-order valence-electron chi connectivity index (χ1n) is 4.34. The Morgan fingerprint density at radius 1 is 1.19 bits per heavy atom. The van der Waals surface area contributed by atoms with Crippen LogP contribution in [0.5, 0.6) is 5.75 Å². The Morgan fingerprint density at radius 2 is 1.75 bits per heavy atom. The van der Waals surface area contributed by atoms with Crippen molar-refractivity contribution < 1.29 is 14.3 Å². The van der Waals surface area contributed by atoms with Crippen LogP contribution in [-0.2, 0) is 9.53 Å². The number of esters is 1. The predicted octanol–water partition coefficient (Wildman–Crippen LogP) is 3.59. The van der Waals surface area contributed by atoms with Crippen molar-refractivity contribution >= 4 is 40.8 Å². The van der Waals surface area contributed by atoms with Crippen LogP contribution in [0.25, 0.3) is 0 Å². The molecular weight excluding hydrogens is 274 g/mol. The Balaban J connectivity index is 2.89. The van der Waals surface area contributed by atoms with Crippen molar-refractivity contribution in [3.05, 3.63) is 27.2 Å². The molecule has 16 heavy (non-hydrogen) atoms. The minimum absolute atomic E-state index is 0.283. The number of halogens is 3. The Kier molecular flexibility index (Phi) is 4.71. The first-order chi connectivity index (χ1) is 7.45. The molecule has 0 heterocycles. The summed E-state index contributed by atoms with van der Waals surface area (Å²) in [5, 5.41) is 0.910. The van der Waals surface area contributed by atoms with E-state index in [2.05, 4.69) is 4.74 Å². The lowest BCUT2D eigenvalue weighted by Crippen LogP contribution is -2.25. The van der Waals surface area contributed by atoms with E-state index >= 15 is 0 Å². The van der Waals surface area contributed by atoms with Crippen LogP contribution in [0.1, 0.15) is 6.92 Å². The summed E-state index contributed by atoms with van der Waals surface area (Å²) in [5.41, 5.74) is 0. The van der Waals surface area contributed by atoms with Crippen molar-refractivity contribution in [2.24, 2.45) is 0 Å².